The maximum absolute atomic E-state index is 13.3. The number of carboxylic acid groups (broad SMARTS) is 1. The van der Waals surface area contributed by atoms with Gasteiger partial charge in [0.15, 0.2) is 0 Å². The fraction of sp³-hybridized carbons (Fsp3) is 0.529. The van der Waals surface area contributed by atoms with Crippen molar-refractivity contribution < 1.29 is 19.1 Å². The largest absolute Gasteiger partial charge is 0.481 e. The second-order valence-electron chi connectivity index (χ2n) is 5.89. The minimum absolute atomic E-state index is 0.0200. The molecule has 0 saturated carbocycles. The molecule has 2 atom stereocenters. The number of amides is 1. The molecule has 1 fully saturated rings. The Kier molecular flexibility index (Phi) is 5.52. The van der Waals surface area contributed by atoms with E-state index < -0.39 is 11.9 Å². The van der Waals surface area contributed by atoms with Crippen LogP contribution in [0.25, 0.3) is 0 Å². The van der Waals surface area contributed by atoms with Crippen LogP contribution in [0.2, 0.25) is 0 Å². The lowest BCUT2D eigenvalue weighted by atomic mass is 9.93. The highest BCUT2D eigenvalue weighted by Gasteiger charge is 2.30. The first-order chi connectivity index (χ1) is 10.5. The summed E-state index contributed by atoms with van der Waals surface area (Å²) in [4.78, 5) is 25.3. The van der Waals surface area contributed by atoms with Crippen molar-refractivity contribution in [2.24, 2.45) is 0 Å². The summed E-state index contributed by atoms with van der Waals surface area (Å²) in [7, 11) is 0. The van der Waals surface area contributed by atoms with Crippen molar-refractivity contribution in [3.8, 4) is 0 Å². The Labute approximate surface area is 129 Å². The number of carbonyl (C=O) groups is 2. The van der Waals surface area contributed by atoms with Crippen LogP contribution in [0.1, 0.15) is 50.5 Å². The first-order valence-corrected chi connectivity index (χ1v) is 7.76. The molecule has 1 aromatic rings. The van der Waals surface area contributed by atoms with Gasteiger partial charge in [0, 0.05) is 19.0 Å². The summed E-state index contributed by atoms with van der Waals surface area (Å²) in [5.74, 6) is -1.64. The predicted molar refractivity (Wildman–Crippen MR) is 81.0 cm³/mol. The van der Waals surface area contributed by atoms with Crippen molar-refractivity contribution in [1.82, 2.24) is 4.90 Å². The van der Waals surface area contributed by atoms with Crippen LogP contribution in [0.5, 0.6) is 0 Å². The maximum atomic E-state index is 13.3. The number of piperidine rings is 1. The van der Waals surface area contributed by atoms with Gasteiger partial charge in [-0.05, 0) is 50.3 Å². The van der Waals surface area contributed by atoms with Gasteiger partial charge >= 0.3 is 5.97 Å². The lowest BCUT2D eigenvalue weighted by Crippen LogP contribution is -2.45. The molecular weight excluding hydrogens is 285 g/mol. The number of likely N-dealkylation sites (tertiary alicyclic amines) is 1. The number of rotatable bonds is 5. The van der Waals surface area contributed by atoms with Crippen LogP contribution in [0.4, 0.5) is 4.39 Å². The van der Waals surface area contributed by atoms with Gasteiger partial charge in [0.05, 0.1) is 5.92 Å². The van der Waals surface area contributed by atoms with Gasteiger partial charge in [0.1, 0.15) is 5.82 Å². The Morgan fingerprint density at radius 3 is 2.86 bits per heavy atom. The molecule has 0 radical (unpaired) electrons. The third-order valence-electron chi connectivity index (χ3n) is 4.32. The summed E-state index contributed by atoms with van der Waals surface area (Å²) in [6.45, 7) is 2.43. The smallest absolute Gasteiger partial charge is 0.303 e. The number of nitrogens with zero attached hydrogens (tertiary/aromatic N) is 1. The normalized spacial score (nSPS) is 19.7. The lowest BCUT2D eigenvalue weighted by molar-refractivity contribution is -0.140. The van der Waals surface area contributed by atoms with E-state index in [9.17, 15) is 14.0 Å². The first-order valence-electron chi connectivity index (χ1n) is 7.76. The molecule has 5 heteroatoms. The quantitative estimate of drug-likeness (QED) is 0.909. The summed E-state index contributed by atoms with van der Waals surface area (Å²) < 4.78 is 13.3. The molecule has 1 N–H and O–H groups in total. The monoisotopic (exact) mass is 307 g/mol. The van der Waals surface area contributed by atoms with E-state index in [0.29, 0.717) is 18.5 Å². The van der Waals surface area contributed by atoms with Gasteiger partial charge in [-0.2, -0.15) is 0 Å². The van der Waals surface area contributed by atoms with E-state index in [0.717, 1.165) is 19.3 Å². The third kappa shape index (κ3) is 4.06. The van der Waals surface area contributed by atoms with Gasteiger partial charge in [-0.25, -0.2) is 4.39 Å². The Morgan fingerprint density at radius 2 is 2.18 bits per heavy atom. The van der Waals surface area contributed by atoms with E-state index in [4.69, 9.17) is 5.11 Å². The van der Waals surface area contributed by atoms with Crippen LogP contribution in [0.3, 0.4) is 0 Å². The minimum atomic E-state index is -0.837. The highest BCUT2D eigenvalue weighted by molar-refractivity contribution is 5.83. The Bertz CT molecular complexity index is 546. The maximum Gasteiger partial charge on any atom is 0.303 e. The van der Waals surface area contributed by atoms with Crippen molar-refractivity contribution in [1.29, 1.82) is 0 Å². The number of aliphatic carboxylic acids is 1. The highest BCUT2D eigenvalue weighted by atomic mass is 19.1. The number of benzene rings is 1. The third-order valence-corrected chi connectivity index (χ3v) is 4.32. The molecule has 22 heavy (non-hydrogen) atoms. The van der Waals surface area contributed by atoms with E-state index in [1.54, 1.807) is 24.0 Å². The average Bonchev–Trinajstić information content (AvgIpc) is 2.51. The zero-order valence-electron chi connectivity index (χ0n) is 12.8. The van der Waals surface area contributed by atoms with Gasteiger partial charge in [-0.1, -0.05) is 12.1 Å². The molecule has 0 spiro atoms. The average molecular weight is 307 g/mol. The number of carboxylic acids is 1. The fourth-order valence-corrected chi connectivity index (χ4v) is 3.05. The molecule has 1 heterocycles. The predicted octanol–water partition coefficient (Wildman–Crippen LogP) is 3.18. The summed E-state index contributed by atoms with van der Waals surface area (Å²) in [5.41, 5.74) is 0.660. The van der Waals surface area contributed by atoms with E-state index in [-0.39, 0.29) is 24.2 Å². The molecule has 4 nitrogen and oxygen atoms in total. The topological polar surface area (TPSA) is 57.6 Å². The Balaban J connectivity index is 2.09. The zero-order valence-corrected chi connectivity index (χ0v) is 12.8. The van der Waals surface area contributed by atoms with Crippen LogP contribution >= 0.6 is 0 Å². The van der Waals surface area contributed by atoms with Gasteiger partial charge in [-0.3, -0.25) is 9.59 Å². The lowest BCUT2D eigenvalue weighted by Gasteiger charge is -2.37. The molecule has 1 aliphatic rings. The number of hydrogen-bond acceptors (Lipinski definition) is 2. The molecule has 0 aliphatic carbocycles. The molecule has 1 aromatic carbocycles. The van der Waals surface area contributed by atoms with Crippen molar-refractivity contribution in [3.63, 3.8) is 0 Å². The number of hydrogen-bond donors (Lipinski definition) is 1. The second kappa shape index (κ2) is 7.38. The van der Waals surface area contributed by atoms with Crippen LogP contribution in [0.15, 0.2) is 24.3 Å². The molecular formula is C17H22FNO3. The molecule has 2 rings (SSSR count). The minimum Gasteiger partial charge on any atom is -0.481 e. The van der Waals surface area contributed by atoms with Crippen molar-refractivity contribution >= 4 is 11.9 Å². The van der Waals surface area contributed by atoms with Crippen LogP contribution in [-0.2, 0) is 9.59 Å². The zero-order chi connectivity index (χ0) is 16.1. The Hall–Kier alpha value is -1.91. The molecule has 1 aliphatic heterocycles. The molecule has 0 unspecified atom stereocenters. The summed E-state index contributed by atoms with van der Waals surface area (Å²) in [6.07, 6.45) is 3.35. The van der Waals surface area contributed by atoms with Gasteiger partial charge in [0.2, 0.25) is 5.91 Å². The van der Waals surface area contributed by atoms with E-state index >= 15 is 0 Å². The molecule has 1 amide bonds. The molecule has 0 bridgehead atoms. The van der Waals surface area contributed by atoms with Crippen LogP contribution in [0, 0.1) is 5.82 Å². The Morgan fingerprint density at radius 1 is 1.41 bits per heavy atom. The van der Waals surface area contributed by atoms with Gasteiger partial charge in [0.25, 0.3) is 0 Å². The van der Waals surface area contributed by atoms with E-state index in [2.05, 4.69) is 0 Å². The SMILES string of the molecule is C[C@H](C(=O)N1CCCC[C@@H]1CCC(=O)O)c1cccc(F)c1. The fourth-order valence-electron chi connectivity index (χ4n) is 3.05. The standard InChI is InChI=1S/C17H22FNO3/c1-12(13-5-4-6-14(18)11-13)17(22)19-10-3-2-7-15(19)8-9-16(20)21/h4-6,11-12,15H,2-3,7-10H2,1H3,(H,20,21)/t12-,15+/m0/s1. The van der Waals surface area contributed by atoms with Crippen LogP contribution < -0.4 is 0 Å². The summed E-state index contributed by atoms with van der Waals surface area (Å²) in [6, 6.07) is 6.08. The van der Waals surface area contributed by atoms with E-state index in [1.165, 1.54) is 12.1 Å². The van der Waals surface area contributed by atoms with E-state index in [1.807, 2.05) is 0 Å². The van der Waals surface area contributed by atoms with Gasteiger partial charge in [-0.15, -0.1) is 0 Å². The summed E-state index contributed by atoms with van der Waals surface area (Å²) in [5, 5.41) is 8.84. The molecule has 120 valence electrons. The second-order valence-corrected chi connectivity index (χ2v) is 5.89. The summed E-state index contributed by atoms with van der Waals surface area (Å²) >= 11 is 0. The van der Waals surface area contributed by atoms with Crippen molar-refractivity contribution in [3.05, 3.63) is 35.6 Å². The van der Waals surface area contributed by atoms with Crippen LogP contribution in [-0.4, -0.2) is 34.5 Å². The number of carbonyl (C=O) groups excluding carboxylic acids is 1. The van der Waals surface area contributed by atoms with Crippen molar-refractivity contribution in [2.45, 2.75) is 51.0 Å². The first kappa shape index (κ1) is 16.5. The number of halogens is 1. The molecule has 1 saturated heterocycles. The highest BCUT2D eigenvalue weighted by Crippen LogP contribution is 2.26. The van der Waals surface area contributed by atoms with Crippen molar-refractivity contribution in [2.75, 3.05) is 6.54 Å². The van der Waals surface area contributed by atoms with Gasteiger partial charge < -0.3 is 10.0 Å². The molecule has 0 aromatic heterocycles.